The number of aromatic nitrogens is 3. The van der Waals surface area contributed by atoms with Gasteiger partial charge in [0.15, 0.2) is 5.65 Å². The highest BCUT2D eigenvalue weighted by Crippen LogP contribution is 2.43. The van der Waals surface area contributed by atoms with Crippen LogP contribution in [0.3, 0.4) is 0 Å². The number of ether oxygens (including phenoxy) is 1. The number of hydrogen-bond donors (Lipinski definition) is 1. The van der Waals surface area contributed by atoms with Crippen molar-refractivity contribution in [3.63, 3.8) is 0 Å². The van der Waals surface area contributed by atoms with Crippen molar-refractivity contribution in [3.8, 4) is 5.69 Å². The van der Waals surface area contributed by atoms with E-state index in [0.717, 1.165) is 67.8 Å². The van der Waals surface area contributed by atoms with Gasteiger partial charge in [0.25, 0.3) is 5.91 Å². The number of hydrogen-bond acceptors (Lipinski definition) is 8. The van der Waals surface area contributed by atoms with Gasteiger partial charge in [-0.05, 0) is 75.7 Å². The second kappa shape index (κ2) is 12.1. The van der Waals surface area contributed by atoms with Crippen molar-refractivity contribution in [3.05, 3.63) is 47.8 Å². The van der Waals surface area contributed by atoms with Crippen LogP contribution in [0.1, 0.15) is 67.0 Å². The molecule has 0 spiro atoms. The molecule has 1 aliphatic carbocycles. The molecule has 0 atom stereocenters. The number of nitrogens with zero attached hydrogens (tertiary/aromatic N) is 5. The van der Waals surface area contributed by atoms with E-state index in [4.69, 9.17) is 14.8 Å². The van der Waals surface area contributed by atoms with E-state index in [9.17, 15) is 13.2 Å². The van der Waals surface area contributed by atoms with E-state index in [2.05, 4.69) is 14.5 Å². The number of anilines is 1. The first-order chi connectivity index (χ1) is 19.9. The van der Waals surface area contributed by atoms with E-state index in [1.807, 2.05) is 35.0 Å². The van der Waals surface area contributed by atoms with Gasteiger partial charge in [0, 0.05) is 32.7 Å². The summed E-state index contributed by atoms with van der Waals surface area (Å²) in [5.74, 6) is -0.0275. The van der Waals surface area contributed by atoms with E-state index in [0.29, 0.717) is 17.5 Å². The van der Waals surface area contributed by atoms with Crippen molar-refractivity contribution in [2.45, 2.75) is 50.9 Å². The van der Waals surface area contributed by atoms with Crippen molar-refractivity contribution in [2.75, 3.05) is 57.1 Å². The molecular formula is C30H40N6O4S. The summed E-state index contributed by atoms with van der Waals surface area (Å²) in [5.41, 5.74) is 3.48. The van der Waals surface area contributed by atoms with Gasteiger partial charge < -0.3 is 14.5 Å². The second-order valence-corrected chi connectivity index (χ2v) is 13.5. The molecular weight excluding hydrogens is 540 g/mol. The van der Waals surface area contributed by atoms with Crippen LogP contribution in [0.4, 0.5) is 5.69 Å². The van der Waals surface area contributed by atoms with Crippen molar-refractivity contribution in [1.29, 1.82) is 0 Å². The minimum atomic E-state index is -3.87. The molecule has 1 amide bonds. The molecule has 1 N–H and O–H groups in total. The number of piperidine rings is 1. The highest BCUT2D eigenvalue weighted by molar-refractivity contribution is 7.90. The Hall–Kier alpha value is -3.02. The van der Waals surface area contributed by atoms with Crippen LogP contribution in [0.5, 0.6) is 0 Å². The Morgan fingerprint density at radius 3 is 2.41 bits per heavy atom. The number of methoxy groups -OCH3 is 1. The van der Waals surface area contributed by atoms with Gasteiger partial charge in [0.1, 0.15) is 5.69 Å². The standard InChI is InChI=1S/C30H40N6O4S/c1-40-18-19-41(38,39)33-30(37)25-20-26(35-16-12-22(13-17-35)21-34-14-5-6-15-34)27-28(23-8-7-9-23)32-36(29(27)31-25)24-10-3-2-4-11-24/h2-4,10-11,20,22-23H,5-9,12-19,21H2,1H3,(H,33,37). The molecule has 6 rings (SSSR count). The van der Waals surface area contributed by atoms with Gasteiger partial charge in [-0.15, -0.1) is 0 Å². The molecule has 41 heavy (non-hydrogen) atoms. The van der Waals surface area contributed by atoms with Crippen molar-refractivity contribution in [2.24, 2.45) is 5.92 Å². The van der Waals surface area contributed by atoms with E-state index in [-0.39, 0.29) is 18.1 Å². The number of benzene rings is 1. The molecule has 0 unspecified atom stereocenters. The van der Waals surface area contributed by atoms with Crippen LogP contribution in [0, 0.1) is 5.92 Å². The fourth-order valence-electron chi connectivity index (χ4n) is 6.33. The number of fused-ring (bicyclic) bond motifs is 1. The third-order valence-corrected chi connectivity index (χ3v) is 10.0. The van der Waals surface area contributed by atoms with Crippen LogP contribution in [0.15, 0.2) is 36.4 Å². The van der Waals surface area contributed by atoms with E-state index < -0.39 is 15.9 Å². The number of amides is 1. The van der Waals surface area contributed by atoms with Crippen LogP contribution in [0.2, 0.25) is 0 Å². The lowest BCUT2D eigenvalue weighted by Crippen LogP contribution is -2.38. The topological polar surface area (TPSA) is 110 Å². The first-order valence-electron chi connectivity index (χ1n) is 14.9. The number of likely N-dealkylation sites (tertiary alicyclic amines) is 1. The third kappa shape index (κ3) is 6.12. The highest BCUT2D eigenvalue weighted by Gasteiger charge is 2.32. The number of para-hydroxylation sites is 1. The lowest BCUT2D eigenvalue weighted by Gasteiger charge is -2.36. The van der Waals surface area contributed by atoms with Gasteiger partial charge >= 0.3 is 0 Å². The number of carbonyl (C=O) groups is 1. The van der Waals surface area contributed by atoms with Gasteiger partial charge in [0.2, 0.25) is 10.0 Å². The Morgan fingerprint density at radius 1 is 1.02 bits per heavy atom. The Morgan fingerprint density at radius 2 is 1.76 bits per heavy atom. The summed E-state index contributed by atoms with van der Waals surface area (Å²) in [6.45, 7) is 5.34. The predicted octanol–water partition coefficient (Wildman–Crippen LogP) is 3.71. The van der Waals surface area contributed by atoms with E-state index in [1.54, 1.807) is 6.07 Å². The maximum absolute atomic E-state index is 13.4. The molecule has 11 heteroatoms. The lowest BCUT2D eigenvalue weighted by atomic mass is 9.81. The van der Waals surface area contributed by atoms with Gasteiger partial charge in [-0.2, -0.15) is 5.10 Å². The summed E-state index contributed by atoms with van der Waals surface area (Å²) in [4.78, 5) is 23.1. The van der Waals surface area contributed by atoms with Crippen molar-refractivity contribution >= 4 is 32.7 Å². The maximum atomic E-state index is 13.4. The van der Waals surface area contributed by atoms with E-state index in [1.165, 1.54) is 39.5 Å². The largest absolute Gasteiger partial charge is 0.384 e. The van der Waals surface area contributed by atoms with E-state index >= 15 is 0 Å². The molecule has 2 aromatic heterocycles. The Labute approximate surface area is 242 Å². The smallest absolute Gasteiger partial charge is 0.283 e. The molecule has 220 valence electrons. The summed E-state index contributed by atoms with van der Waals surface area (Å²) < 4.78 is 34.0. The first kappa shape index (κ1) is 28.1. The highest BCUT2D eigenvalue weighted by atomic mass is 32.2. The zero-order chi connectivity index (χ0) is 28.4. The summed E-state index contributed by atoms with van der Waals surface area (Å²) in [5, 5.41) is 6.07. The van der Waals surface area contributed by atoms with Gasteiger partial charge in [-0.25, -0.2) is 22.8 Å². The minimum Gasteiger partial charge on any atom is -0.384 e. The molecule has 0 bridgehead atoms. The molecule has 3 aliphatic rings. The summed E-state index contributed by atoms with van der Waals surface area (Å²) in [6, 6.07) is 11.6. The normalized spacial score (nSPS) is 19.1. The Kier molecular flexibility index (Phi) is 8.28. The Balaban J connectivity index is 1.39. The number of carbonyl (C=O) groups excluding carboxylic acids is 1. The Bertz CT molecular complexity index is 1470. The van der Waals surface area contributed by atoms with Crippen molar-refractivity contribution in [1.82, 2.24) is 24.4 Å². The average molecular weight is 581 g/mol. The van der Waals surface area contributed by atoms with Crippen LogP contribution >= 0.6 is 0 Å². The number of pyridine rings is 1. The van der Waals surface area contributed by atoms with Crippen molar-refractivity contribution < 1.29 is 17.9 Å². The second-order valence-electron chi connectivity index (χ2n) is 11.7. The molecule has 1 aromatic carbocycles. The molecule has 2 saturated heterocycles. The third-order valence-electron chi connectivity index (χ3n) is 8.84. The minimum absolute atomic E-state index is 0.00176. The van der Waals surface area contributed by atoms with Crippen LogP contribution in [-0.2, 0) is 14.8 Å². The first-order valence-corrected chi connectivity index (χ1v) is 16.6. The van der Waals surface area contributed by atoms with Gasteiger partial charge in [-0.1, -0.05) is 24.6 Å². The zero-order valence-corrected chi connectivity index (χ0v) is 24.6. The molecule has 4 heterocycles. The molecule has 2 aliphatic heterocycles. The predicted molar refractivity (Wildman–Crippen MR) is 159 cm³/mol. The number of rotatable bonds is 10. The molecule has 3 fully saturated rings. The zero-order valence-electron chi connectivity index (χ0n) is 23.8. The number of nitrogens with one attached hydrogen (secondary N) is 1. The van der Waals surface area contributed by atoms with Gasteiger partial charge in [0.05, 0.1) is 34.8 Å². The molecule has 0 radical (unpaired) electrons. The quantitative estimate of drug-likeness (QED) is 0.387. The molecule has 1 saturated carbocycles. The fraction of sp³-hybridized carbons (Fsp3) is 0.567. The molecule has 3 aromatic rings. The fourth-order valence-corrected chi connectivity index (χ4v) is 7.20. The van der Waals surface area contributed by atoms with Gasteiger partial charge in [-0.3, -0.25) is 4.79 Å². The lowest BCUT2D eigenvalue weighted by molar-refractivity contribution is 0.0976. The summed E-state index contributed by atoms with van der Waals surface area (Å²) >= 11 is 0. The maximum Gasteiger partial charge on any atom is 0.283 e. The van der Waals surface area contributed by atoms with Crippen LogP contribution < -0.4 is 9.62 Å². The molecule has 10 nitrogen and oxygen atoms in total. The van der Waals surface area contributed by atoms with Crippen LogP contribution in [0.25, 0.3) is 16.7 Å². The summed E-state index contributed by atoms with van der Waals surface area (Å²) in [6.07, 6.45) is 8.10. The SMILES string of the molecule is COCCS(=O)(=O)NC(=O)c1cc(N2CCC(CN3CCCC3)CC2)c2c(C3CCC3)nn(-c3ccccc3)c2n1. The monoisotopic (exact) mass is 580 g/mol. The van der Waals surface area contributed by atoms with Crippen LogP contribution in [-0.4, -0.2) is 86.2 Å². The summed E-state index contributed by atoms with van der Waals surface area (Å²) in [7, 11) is -2.44. The number of sulfonamides is 1. The average Bonchev–Trinajstić information content (AvgIpc) is 3.59.